The standard InChI is InChI=1S/C27H32N2O3S2/c1-21-13-15-24(16-14-21)20-33-18-8-17-28-27(30)19-29(26-12-7-9-22(2)23(26)3)34(31,32)25-10-5-4-6-11-25/h4-7,9-16H,8,17-20H2,1-3H3,(H,28,30). The van der Waals surface area contributed by atoms with Crippen molar-refractivity contribution in [2.75, 3.05) is 23.1 Å². The van der Waals surface area contributed by atoms with Crippen LogP contribution in [0.25, 0.3) is 0 Å². The van der Waals surface area contributed by atoms with Gasteiger partial charge in [-0.25, -0.2) is 8.42 Å². The van der Waals surface area contributed by atoms with Crippen LogP contribution in [-0.4, -0.2) is 33.2 Å². The second-order valence-corrected chi connectivity index (χ2v) is 11.3. The number of rotatable bonds is 11. The molecule has 0 saturated heterocycles. The van der Waals surface area contributed by atoms with E-state index in [1.54, 1.807) is 36.4 Å². The van der Waals surface area contributed by atoms with E-state index in [4.69, 9.17) is 0 Å². The van der Waals surface area contributed by atoms with Gasteiger partial charge in [-0.2, -0.15) is 11.8 Å². The number of anilines is 1. The molecule has 0 heterocycles. The Kier molecular flexibility index (Phi) is 9.19. The number of hydrogen-bond acceptors (Lipinski definition) is 4. The fourth-order valence-corrected chi connectivity index (χ4v) is 5.91. The molecule has 3 aromatic carbocycles. The molecule has 0 radical (unpaired) electrons. The molecule has 0 fully saturated rings. The third-order valence-corrected chi connectivity index (χ3v) is 8.53. The van der Waals surface area contributed by atoms with Crippen molar-refractivity contribution in [1.82, 2.24) is 5.32 Å². The predicted octanol–water partition coefficient (Wildman–Crippen LogP) is 5.25. The van der Waals surface area contributed by atoms with Gasteiger partial charge in [0.25, 0.3) is 10.0 Å². The van der Waals surface area contributed by atoms with E-state index in [-0.39, 0.29) is 17.3 Å². The number of nitrogens with zero attached hydrogens (tertiary/aromatic N) is 1. The normalized spacial score (nSPS) is 11.3. The van der Waals surface area contributed by atoms with Crippen LogP contribution < -0.4 is 9.62 Å². The van der Waals surface area contributed by atoms with Gasteiger partial charge in [0.15, 0.2) is 0 Å². The van der Waals surface area contributed by atoms with Gasteiger partial charge in [-0.3, -0.25) is 9.10 Å². The van der Waals surface area contributed by atoms with Crippen LogP contribution in [-0.2, 0) is 20.6 Å². The second kappa shape index (κ2) is 12.1. The van der Waals surface area contributed by atoms with Crippen molar-refractivity contribution in [3.63, 3.8) is 0 Å². The number of benzene rings is 3. The first kappa shape index (κ1) is 25.8. The summed E-state index contributed by atoms with van der Waals surface area (Å²) in [6.07, 6.45) is 0.817. The third-order valence-electron chi connectivity index (χ3n) is 5.64. The molecule has 5 nitrogen and oxygen atoms in total. The van der Waals surface area contributed by atoms with Gasteiger partial charge in [0.2, 0.25) is 5.91 Å². The largest absolute Gasteiger partial charge is 0.354 e. The van der Waals surface area contributed by atoms with Crippen LogP contribution in [0.2, 0.25) is 0 Å². The summed E-state index contributed by atoms with van der Waals surface area (Å²) in [6, 6.07) is 22.2. The van der Waals surface area contributed by atoms with E-state index >= 15 is 0 Å². The number of sulfonamides is 1. The highest BCUT2D eigenvalue weighted by Gasteiger charge is 2.28. The van der Waals surface area contributed by atoms with E-state index in [0.29, 0.717) is 12.2 Å². The van der Waals surface area contributed by atoms with Crippen LogP contribution in [0.3, 0.4) is 0 Å². The minimum absolute atomic E-state index is 0.163. The quantitative estimate of drug-likeness (QED) is 0.368. The summed E-state index contributed by atoms with van der Waals surface area (Å²) in [5, 5.41) is 2.89. The zero-order valence-electron chi connectivity index (χ0n) is 20.0. The number of aryl methyl sites for hydroxylation is 2. The molecule has 180 valence electrons. The molecule has 1 N–H and O–H groups in total. The highest BCUT2D eigenvalue weighted by atomic mass is 32.2. The van der Waals surface area contributed by atoms with Crippen molar-refractivity contribution >= 4 is 33.4 Å². The summed E-state index contributed by atoms with van der Waals surface area (Å²) >= 11 is 1.82. The minimum Gasteiger partial charge on any atom is -0.354 e. The molecule has 0 atom stereocenters. The summed E-state index contributed by atoms with van der Waals surface area (Å²) in [5.41, 5.74) is 4.86. The molecule has 0 aliphatic heterocycles. The molecular formula is C27H32N2O3S2. The first-order valence-electron chi connectivity index (χ1n) is 11.3. The highest BCUT2D eigenvalue weighted by molar-refractivity contribution is 7.98. The molecule has 0 aliphatic carbocycles. The lowest BCUT2D eigenvalue weighted by molar-refractivity contribution is -0.119. The molecule has 0 aromatic heterocycles. The number of carbonyl (C=O) groups is 1. The molecule has 7 heteroatoms. The fourth-order valence-electron chi connectivity index (χ4n) is 3.49. The van der Waals surface area contributed by atoms with Crippen LogP contribution in [0.1, 0.15) is 28.7 Å². The molecular weight excluding hydrogens is 464 g/mol. The molecule has 0 spiro atoms. The average Bonchev–Trinajstić information content (AvgIpc) is 2.83. The summed E-state index contributed by atoms with van der Waals surface area (Å²) in [4.78, 5) is 12.9. The van der Waals surface area contributed by atoms with Gasteiger partial charge in [0.1, 0.15) is 6.54 Å². The van der Waals surface area contributed by atoms with E-state index < -0.39 is 10.0 Å². The van der Waals surface area contributed by atoms with Crippen molar-refractivity contribution in [1.29, 1.82) is 0 Å². The van der Waals surface area contributed by atoms with E-state index in [1.807, 2.05) is 37.7 Å². The molecule has 3 rings (SSSR count). The van der Waals surface area contributed by atoms with Crippen molar-refractivity contribution in [3.05, 3.63) is 95.1 Å². The Morgan fingerprint density at radius 3 is 2.32 bits per heavy atom. The lowest BCUT2D eigenvalue weighted by atomic mass is 10.1. The first-order valence-corrected chi connectivity index (χ1v) is 13.9. The summed E-state index contributed by atoms with van der Waals surface area (Å²) in [5.74, 6) is 1.53. The Morgan fingerprint density at radius 1 is 0.912 bits per heavy atom. The zero-order valence-corrected chi connectivity index (χ0v) is 21.6. The number of amides is 1. The zero-order chi connectivity index (χ0) is 24.6. The lowest BCUT2D eigenvalue weighted by Crippen LogP contribution is -2.41. The van der Waals surface area contributed by atoms with E-state index in [9.17, 15) is 13.2 Å². The van der Waals surface area contributed by atoms with Gasteiger partial charge in [0, 0.05) is 12.3 Å². The topological polar surface area (TPSA) is 66.5 Å². The fraction of sp³-hybridized carbons (Fsp3) is 0.296. The molecule has 34 heavy (non-hydrogen) atoms. The Bertz CT molecular complexity index is 1190. The van der Waals surface area contributed by atoms with Gasteiger partial charge >= 0.3 is 0 Å². The van der Waals surface area contributed by atoms with Crippen LogP contribution >= 0.6 is 11.8 Å². The van der Waals surface area contributed by atoms with Gasteiger partial charge in [-0.15, -0.1) is 0 Å². The summed E-state index contributed by atoms with van der Waals surface area (Å²) < 4.78 is 28.1. The minimum atomic E-state index is -3.89. The maximum absolute atomic E-state index is 13.4. The number of hydrogen-bond donors (Lipinski definition) is 1. The monoisotopic (exact) mass is 496 g/mol. The van der Waals surface area contributed by atoms with Gasteiger partial charge < -0.3 is 5.32 Å². The summed E-state index contributed by atoms with van der Waals surface area (Å²) in [6.45, 7) is 6.12. The number of nitrogens with one attached hydrogen (secondary N) is 1. The van der Waals surface area contributed by atoms with E-state index in [0.717, 1.165) is 29.1 Å². The molecule has 0 unspecified atom stereocenters. The number of carbonyl (C=O) groups excluding carboxylic acids is 1. The Labute approximate surface area is 207 Å². The Hall–Kier alpha value is -2.77. The van der Waals surface area contributed by atoms with Crippen molar-refractivity contribution in [3.8, 4) is 0 Å². The van der Waals surface area contributed by atoms with Gasteiger partial charge in [-0.1, -0.05) is 60.2 Å². The lowest BCUT2D eigenvalue weighted by Gasteiger charge is -2.26. The van der Waals surface area contributed by atoms with Gasteiger partial charge in [0.05, 0.1) is 10.6 Å². The van der Waals surface area contributed by atoms with E-state index in [2.05, 4.69) is 36.5 Å². The predicted molar refractivity (Wildman–Crippen MR) is 142 cm³/mol. The summed E-state index contributed by atoms with van der Waals surface area (Å²) in [7, 11) is -3.89. The molecule has 3 aromatic rings. The second-order valence-electron chi connectivity index (χ2n) is 8.29. The van der Waals surface area contributed by atoms with Crippen LogP contribution in [0.15, 0.2) is 77.7 Å². The van der Waals surface area contributed by atoms with Crippen molar-refractivity contribution in [2.24, 2.45) is 0 Å². The molecule has 0 bridgehead atoms. The van der Waals surface area contributed by atoms with Crippen molar-refractivity contribution < 1.29 is 13.2 Å². The van der Waals surface area contributed by atoms with Crippen LogP contribution in [0.4, 0.5) is 5.69 Å². The molecule has 0 aliphatic rings. The van der Waals surface area contributed by atoms with Crippen LogP contribution in [0.5, 0.6) is 0 Å². The van der Waals surface area contributed by atoms with Gasteiger partial charge in [-0.05, 0) is 67.8 Å². The SMILES string of the molecule is Cc1ccc(CSCCCNC(=O)CN(c2cccc(C)c2C)S(=O)(=O)c2ccccc2)cc1. The maximum atomic E-state index is 13.4. The highest BCUT2D eigenvalue weighted by Crippen LogP contribution is 2.28. The molecule has 0 saturated carbocycles. The van der Waals surface area contributed by atoms with Crippen LogP contribution in [0, 0.1) is 20.8 Å². The first-order chi connectivity index (χ1) is 16.3. The van der Waals surface area contributed by atoms with Crippen molar-refractivity contribution in [2.45, 2.75) is 37.8 Å². The Morgan fingerprint density at radius 2 is 1.62 bits per heavy atom. The average molecular weight is 497 g/mol. The maximum Gasteiger partial charge on any atom is 0.264 e. The molecule has 1 amide bonds. The van der Waals surface area contributed by atoms with E-state index in [1.165, 1.54) is 15.4 Å². The number of thioether (sulfide) groups is 1. The third kappa shape index (κ3) is 6.87. The smallest absolute Gasteiger partial charge is 0.264 e. The Balaban J connectivity index is 1.60.